The predicted molar refractivity (Wildman–Crippen MR) is 76.2 cm³/mol. The summed E-state index contributed by atoms with van der Waals surface area (Å²) >= 11 is 3.56. The number of Topliss-reactive ketones (excluding diaryl/α,β-unsaturated/α-hetero) is 1. The van der Waals surface area contributed by atoms with E-state index < -0.39 is 5.92 Å². The minimum absolute atomic E-state index is 0.125. The molecule has 4 heteroatoms. The van der Waals surface area contributed by atoms with Gasteiger partial charge in [0.1, 0.15) is 5.92 Å². The van der Waals surface area contributed by atoms with Gasteiger partial charge in [-0.1, -0.05) is 24.3 Å². The van der Waals surface area contributed by atoms with E-state index in [4.69, 9.17) is 5.26 Å². The summed E-state index contributed by atoms with van der Waals surface area (Å²) in [6.07, 6.45) is 0. The zero-order valence-corrected chi connectivity index (χ0v) is 11.7. The summed E-state index contributed by atoms with van der Waals surface area (Å²) in [5.74, 6) is -0.814. The molecule has 2 aromatic rings. The molecule has 0 radical (unpaired) electrons. The second kappa shape index (κ2) is 5.43. The molecule has 2 nitrogen and oxygen atoms in total. The first kappa shape index (κ1) is 12.3. The lowest BCUT2D eigenvalue weighted by molar-refractivity contribution is 0.0979. The molecule has 0 N–H and O–H groups in total. The standard InChI is InChI=1S/C13H8INOS/c14-11-5-2-1-4-9(11)13(16)10(8-15)12-6-3-7-17-12/h1-7,10H. The van der Waals surface area contributed by atoms with Crippen LogP contribution in [0.4, 0.5) is 0 Å². The molecule has 1 aromatic heterocycles. The summed E-state index contributed by atoms with van der Waals surface area (Å²) in [6.45, 7) is 0. The fourth-order valence-corrected chi connectivity index (χ4v) is 2.94. The Kier molecular flexibility index (Phi) is 3.92. The van der Waals surface area contributed by atoms with Crippen LogP contribution in [0.1, 0.15) is 21.2 Å². The van der Waals surface area contributed by atoms with Gasteiger partial charge in [-0.3, -0.25) is 4.79 Å². The van der Waals surface area contributed by atoms with Crippen LogP contribution in [-0.2, 0) is 0 Å². The van der Waals surface area contributed by atoms with Gasteiger partial charge in [0.05, 0.1) is 6.07 Å². The Morgan fingerprint density at radius 1 is 1.29 bits per heavy atom. The van der Waals surface area contributed by atoms with Gasteiger partial charge in [-0.15, -0.1) is 11.3 Å². The van der Waals surface area contributed by atoms with Crippen LogP contribution < -0.4 is 0 Å². The SMILES string of the molecule is N#CC(C(=O)c1ccccc1I)c1cccs1. The van der Waals surface area contributed by atoms with Crippen LogP contribution in [-0.4, -0.2) is 5.78 Å². The summed E-state index contributed by atoms with van der Waals surface area (Å²) in [4.78, 5) is 13.1. The Balaban J connectivity index is 2.38. The second-order valence-corrected chi connectivity index (χ2v) is 5.56. The number of nitriles is 1. The number of halogens is 1. The van der Waals surface area contributed by atoms with Crippen molar-refractivity contribution in [2.75, 3.05) is 0 Å². The van der Waals surface area contributed by atoms with E-state index in [1.807, 2.05) is 35.7 Å². The van der Waals surface area contributed by atoms with E-state index >= 15 is 0 Å². The first-order valence-electron chi connectivity index (χ1n) is 4.96. The number of hydrogen-bond donors (Lipinski definition) is 0. The maximum Gasteiger partial charge on any atom is 0.186 e. The topological polar surface area (TPSA) is 40.9 Å². The van der Waals surface area contributed by atoms with Crippen molar-refractivity contribution < 1.29 is 4.79 Å². The number of rotatable bonds is 3. The summed E-state index contributed by atoms with van der Waals surface area (Å²) in [6, 6.07) is 13.1. The molecular formula is C13H8INOS. The van der Waals surface area contributed by atoms with Gasteiger partial charge in [0.2, 0.25) is 0 Å². The smallest absolute Gasteiger partial charge is 0.186 e. The van der Waals surface area contributed by atoms with Crippen molar-refractivity contribution in [1.82, 2.24) is 0 Å². The lowest BCUT2D eigenvalue weighted by atomic mass is 9.97. The van der Waals surface area contributed by atoms with E-state index in [-0.39, 0.29) is 5.78 Å². The van der Waals surface area contributed by atoms with E-state index in [2.05, 4.69) is 28.7 Å². The monoisotopic (exact) mass is 353 g/mol. The molecule has 84 valence electrons. The van der Waals surface area contributed by atoms with E-state index in [1.165, 1.54) is 11.3 Å². The summed E-state index contributed by atoms with van der Waals surface area (Å²) in [5, 5.41) is 11.0. The molecule has 0 amide bonds. The Morgan fingerprint density at radius 2 is 2.06 bits per heavy atom. The van der Waals surface area contributed by atoms with Gasteiger partial charge in [-0.25, -0.2) is 0 Å². The number of hydrogen-bond acceptors (Lipinski definition) is 3. The highest BCUT2D eigenvalue weighted by atomic mass is 127. The first-order valence-corrected chi connectivity index (χ1v) is 6.91. The highest BCUT2D eigenvalue weighted by Gasteiger charge is 2.23. The third-order valence-corrected chi connectivity index (χ3v) is 4.24. The van der Waals surface area contributed by atoms with Crippen molar-refractivity contribution in [1.29, 1.82) is 5.26 Å². The lowest BCUT2D eigenvalue weighted by Gasteiger charge is -2.07. The molecule has 1 atom stereocenters. The average Bonchev–Trinajstić information content (AvgIpc) is 2.84. The number of carbonyl (C=O) groups is 1. The van der Waals surface area contributed by atoms with Crippen LogP contribution in [0.25, 0.3) is 0 Å². The van der Waals surface area contributed by atoms with Gasteiger partial charge in [0.15, 0.2) is 5.78 Å². The Morgan fingerprint density at radius 3 is 2.65 bits per heavy atom. The van der Waals surface area contributed by atoms with Crippen molar-refractivity contribution in [3.63, 3.8) is 0 Å². The minimum atomic E-state index is -0.689. The molecule has 0 fully saturated rings. The third-order valence-electron chi connectivity index (χ3n) is 2.36. The van der Waals surface area contributed by atoms with Gasteiger partial charge in [0.25, 0.3) is 0 Å². The Bertz CT molecular complexity index is 571. The fourth-order valence-electron chi connectivity index (χ4n) is 1.52. The maximum absolute atomic E-state index is 12.3. The molecule has 0 saturated heterocycles. The average molecular weight is 353 g/mol. The Labute approximate surface area is 117 Å². The number of ketones is 1. The van der Waals surface area contributed by atoms with Gasteiger partial charge < -0.3 is 0 Å². The van der Waals surface area contributed by atoms with Gasteiger partial charge >= 0.3 is 0 Å². The molecule has 0 saturated carbocycles. The molecule has 2 rings (SSSR count). The van der Waals surface area contributed by atoms with Crippen molar-refractivity contribution >= 4 is 39.7 Å². The van der Waals surface area contributed by atoms with Crippen LogP contribution in [0.3, 0.4) is 0 Å². The Hall–Kier alpha value is -1.19. The summed E-state index contributed by atoms with van der Waals surface area (Å²) < 4.78 is 0.881. The van der Waals surface area contributed by atoms with Crippen LogP contribution in [0.5, 0.6) is 0 Å². The molecule has 0 aliphatic rings. The lowest BCUT2D eigenvalue weighted by Crippen LogP contribution is -2.11. The molecule has 0 aliphatic carbocycles. The van der Waals surface area contributed by atoms with E-state index in [1.54, 1.807) is 6.07 Å². The number of carbonyl (C=O) groups excluding carboxylic acids is 1. The zero-order valence-electron chi connectivity index (χ0n) is 8.76. The van der Waals surface area contributed by atoms with Crippen molar-refractivity contribution in [3.8, 4) is 6.07 Å². The first-order chi connectivity index (χ1) is 8.24. The minimum Gasteiger partial charge on any atom is -0.292 e. The van der Waals surface area contributed by atoms with Crippen molar-refractivity contribution in [2.24, 2.45) is 0 Å². The van der Waals surface area contributed by atoms with Crippen molar-refractivity contribution in [2.45, 2.75) is 5.92 Å². The van der Waals surface area contributed by atoms with E-state index in [9.17, 15) is 4.79 Å². The molecule has 1 aromatic carbocycles. The van der Waals surface area contributed by atoms with E-state index in [0.29, 0.717) is 5.56 Å². The number of nitrogens with zero attached hydrogens (tertiary/aromatic N) is 1. The normalized spacial score (nSPS) is 11.8. The van der Waals surface area contributed by atoms with Gasteiger partial charge in [-0.05, 0) is 40.1 Å². The fraction of sp³-hybridized carbons (Fsp3) is 0.0769. The quantitative estimate of drug-likeness (QED) is 0.621. The molecule has 1 unspecified atom stereocenters. The molecule has 0 aliphatic heterocycles. The maximum atomic E-state index is 12.3. The largest absolute Gasteiger partial charge is 0.292 e. The molecule has 17 heavy (non-hydrogen) atoms. The van der Waals surface area contributed by atoms with Gasteiger partial charge in [0, 0.05) is 14.0 Å². The molecular weight excluding hydrogens is 345 g/mol. The highest BCUT2D eigenvalue weighted by Crippen LogP contribution is 2.26. The van der Waals surface area contributed by atoms with Crippen LogP contribution in [0.15, 0.2) is 41.8 Å². The van der Waals surface area contributed by atoms with Gasteiger partial charge in [-0.2, -0.15) is 5.26 Å². The molecule has 1 heterocycles. The second-order valence-electron chi connectivity index (χ2n) is 3.42. The van der Waals surface area contributed by atoms with E-state index in [0.717, 1.165) is 8.45 Å². The van der Waals surface area contributed by atoms with Crippen LogP contribution in [0.2, 0.25) is 0 Å². The number of thiophene rings is 1. The zero-order chi connectivity index (χ0) is 12.3. The summed E-state index contributed by atoms with van der Waals surface area (Å²) in [5.41, 5.74) is 0.619. The molecule has 0 spiro atoms. The summed E-state index contributed by atoms with van der Waals surface area (Å²) in [7, 11) is 0. The van der Waals surface area contributed by atoms with Crippen LogP contribution >= 0.6 is 33.9 Å². The molecule has 0 bridgehead atoms. The third kappa shape index (κ3) is 2.56. The predicted octanol–water partition coefficient (Wildman–Crippen LogP) is 3.84. The van der Waals surface area contributed by atoms with Crippen molar-refractivity contribution in [3.05, 3.63) is 55.8 Å². The van der Waals surface area contributed by atoms with Crippen LogP contribution in [0, 0.1) is 14.9 Å². The number of benzene rings is 1. The highest BCUT2D eigenvalue weighted by molar-refractivity contribution is 14.1.